The van der Waals surface area contributed by atoms with Crippen molar-refractivity contribution in [3.8, 4) is 0 Å². The molecule has 3 nitrogen and oxygen atoms in total. The van der Waals surface area contributed by atoms with Crippen LogP contribution in [0.3, 0.4) is 0 Å². The molecule has 0 spiro atoms. The fraction of sp³-hybridized carbons (Fsp3) is 0.500. The van der Waals surface area contributed by atoms with Crippen LogP contribution in [0.4, 0.5) is 0 Å². The minimum atomic E-state index is 0.186. The average Bonchev–Trinajstić information content (AvgIpc) is 2.88. The third-order valence-corrected chi connectivity index (χ3v) is 3.90. The molecule has 0 aromatic heterocycles. The van der Waals surface area contributed by atoms with Crippen molar-refractivity contribution < 1.29 is 14.2 Å². The molecule has 0 amide bonds. The number of rotatable bonds is 5. The van der Waals surface area contributed by atoms with Gasteiger partial charge < -0.3 is 14.2 Å². The molecular formula is C16H20O3. The van der Waals surface area contributed by atoms with Crippen LogP contribution in [0.15, 0.2) is 42.7 Å². The highest BCUT2D eigenvalue weighted by Crippen LogP contribution is 2.35. The standard InChI is InChI=1S/C16H20O3/c1-2-5-13(6-3-1)11-17-12-19-15-9-8-14-7-4-10-18-16(14)15/h1-6,10,14-16H,7-9,11-12H2/t14-,15-,16-/m0/s1. The Morgan fingerprint density at radius 3 is 2.95 bits per heavy atom. The largest absolute Gasteiger partial charge is 0.495 e. The first-order valence-corrected chi connectivity index (χ1v) is 6.97. The quantitative estimate of drug-likeness (QED) is 0.601. The third kappa shape index (κ3) is 3.17. The first kappa shape index (κ1) is 12.7. The SMILES string of the molecule is C1=CO[C@H]2[C@@H](C1)CC[C@@H]2OCOCc1ccccc1. The van der Waals surface area contributed by atoms with Crippen LogP contribution in [0.5, 0.6) is 0 Å². The molecule has 1 aromatic rings. The summed E-state index contributed by atoms with van der Waals surface area (Å²) < 4.78 is 17.0. The van der Waals surface area contributed by atoms with E-state index < -0.39 is 0 Å². The minimum Gasteiger partial charge on any atom is -0.495 e. The van der Waals surface area contributed by atoms with E-state index in [9.17, 15) is 0 Å². The van der Waals surface area contributed by atoms with Crippen molar-refractivity contribution in [1.82, 2.24) is 0 Å². The lowest BCUT2D eigenvalue weighted by Gasteiger charge is -2.26. The van der Waals surface area contributed by atoms with Gasteiger partial charge in [-0.3, -0.25) is 0 Å². The fourth-order valence-corrected chi connectivity index (χ4v) is 2.89. The Morgan fingerprint density at radius 2 is 2.05 bits per heavy atom. The zero-order valence-corrected chi connectivity index (χ0v) is 11.0. The van der Waals surface area contributed by atoms with Crippen LogP contribution in [0.2, 0.25) is 0 Å². The Kier molecular flexibility index (Phi) is 4.16. The van der Waals surface area contributed by atoms with Gasteiger partial charge in [0.05, 0.1) is 19.0 Å². The molecule has 0 unspecified atom stereocenters. The zero-order valence-electron chi connectivity index (χ0n) is 11.0. The highest BCUT2D eigenvalue weighted by molar-refractivity contribution is 5.13. The fourth-order valence-electron chi connectivity index (χ4n) is 2.89. The van der Waals surface area contributed by atoms with Crippen molar-refractivity contribution in [3.05, 3.63) is 48.2 Å². The molecule has 1 fully saturated rings. The Balaban J connectivity index is 1.40. The lowest BCUT2D eigenvalue weighted by atomic mass is 10.00. The van der Waals surface area contributed by atoms with Gasteiger partial charge in [0.25, 0.3) is 0 Å². The maximum absolute atomic E-state index is 5.81. The van der Waals surface area contributed by atoms with Crippen LogP contribution in [0.25, 0.3) is 0 Å². The van der Waals surface area contributed by atoms with E-state index in [0.29, 0.717) is 19.3 Å². The smallest absolute Gasteiger partial charge is 0.147 e. The van der Waals surface area contributed by atoms with Gasteiger partial charge in [0.1, 0.15) is 12.9 Å². The second-order valence-corrected chi connectivity index (χ2v) is 5.20. The van der Waals surface area contributed by atoms with Gasteiger partial charge in [-0.05, 0) is 30.9 Å². The van der Waals surface area contributed by atoms with E-state index in [4.69, 9.17) is 14.2 Å². The molecule has 0 saturated heterocycles. The number of hydrogen-bond donors (Lipinski definition) is 0. The maximum atomic E-state index is 5.81. The summed E-state index contributed by atoms with van der Waals surface area (Å²) in [6.07, 6.45) is 7.72. The van der Waals surface area contributed by atoms with Gasteiger partial charge in [0, 0.05) is 5.92 Å². The molecule has 3 heteroatoms. The van der Waals surface area contributed by atoms with Crippen molar-refractivity contribution in [1.29, 1.82) is 0 Å². The van der Waals surface area contributed by atoms with E-state index >= 15 is 0 Å². The van der Waals surface area contributed by atoms with Gasteiger partial charge >= 0.3 is 0 Å². The van der Waals surface area contributed by atoms with E-state index in [2.05, 4.69) is 18.2 Å². The van der Waals surface area contributed by atoms with E-state index in [0.717, 1.165) is 12.8 Å². The van der Waals surface area contributed by atoms with Crippen LogP contribution in [-0.4, -0.2) is 19.0 Å². The molecule has 102 valence electrons. The van der Waals surface area contributed by atoms with E-state index in [1.807, 2.05) is 24.5 Å². The molecule has 1 aliphatic carbocycles. The summed E-state index contributed by atoms with van der Waals surface area (Å²) in [4.78, 5) is 0. The highest BCUT2D eigenvalue weighted by atomic mass is 16.7. The first-order valence-electron chi connectivity index (χ1n) is 6.97. The van der Waals surface area contributed by atoms with Gasteiger partial charge in [-0.15, -0.1) is 0 Å². The molecule has 19 heavy (non-hydrogen) atoms. The van der Waals surface area contributed by atoms with Gasteiger partial charge in [0.2, 0.25) is 0 Å². The lowest BCUT2D eigenvalue weighted by Crippen LogP contribution is -2.31. The van der Waals surface area contributed by atoms with E-state index in [1.54, 1.807) is 0 Å². The Labute approximate surface area is 114 Å². The lowest BCUT2D eigenvalue weighted by molar-refractivity contribution is -0.127. The third-order valence-electron chi connectivity index (χ3n) is 3.90. The molecule has 1 aromatic carbocycles. The van der Waals surface area contributed by atoms with Crippen molar-refractivity contribution in [2.75, 3.05) is 6.79 Å². The molecule has 0 bridgehead atoms. The second-order valence-electron chi connectivity index (χ2n) is 5.20. The van der Waals surface area contributed by atoms with Gasteiger partial charge in [-0.1, -0.05) is 30.3 Å². The van der Waals surface area contributed by atoms with Crippen molar-refractivity contribution in [2.24, 2.45) is 5.92 Å². The summed E-state index contributed by atoms with van der Waals surface area (Å²) in [5.74, 6) is 0.629. The predicted octanol–water partition coefficient (Wildman–Crippen LogP) is 3.26. The molecular weight excluding hydrogens is 240 g/mol. The first-order chi connectivity index (χ1) is 9.43. The molecule has 2 aliphatic rings. The molecule has 1 saturated carbocycles. The molecule has 3 atom stereocenters. The van der Waals surface area contributed by atoms with Crippen LogP contribution in [-0.2, 0) is 20.8 Å². The van der Waals surface area contributed by atoms with Crippen molar-refractivity contribution >= 4 is 0 Å². The summed E-state index contributed by atoms with van der Waals surface area (Å²) in [5, 5.41) is 0. The number of hydrogen-bond acceptors (Lipinski definition) is 3. The minimum absolute atomic E-state index is 0.186. The van der Waals surface area contributed by atoms with E-state index in [1.165, 1.54) is 12.0 Å². The van der Waals surface area contributed by atoms with Crippen LogP contribution in [0.1, 0.15) is 24.8 Å². The topological polar surface area (TPSA) is 27.7 Å². The number of fused-ring (bicyclic) bond motifs is 1. The Hall–Kier alpha value is -1.32. The summed E-state index contributed by atoms with van der Waals surface area (Å²) in [6, 6.07) is 10.2. The predicted molar refractivity (Wildman–Crippen MR) is 72.3 cm³/mol. The monoisotopic (exact) mass is 260 g/mol. The van der Waals surface area contributed by atoms with Gasteiger partial charge in [-0.25, -0.2) is 0 Å². The summed E-state index contributed by atoms with van der Waals surface area (Å²) in [6.45, 7) is 0.943. The normalized spacial score (nSPS) is 28.9. The Morgan fingerprint density at radius 1 is 1.16 bits per heavy atom. The van der Waals surface area contributed by atoms with E-state index in [-0.39, 0.29) is 12.2 Å². The molecule has 0 radical (unpaired) electrons. The summed E-state index contributed by atoms with van der Waals surface area (Å²) in [5.41, 5.74) is 1.17. The van der Waals surface area contributed by atoms with Crippen molar-refractivity contribution in [2.45, 2.75) is 38.1 Å². The Bertz CT molecular complexity index is 415. The molecule has 1 aliphatic heterocycles. The average molecular weight is 260 g/mol. The number of benzene rings is 1. The summed E-state index contributed by atoms with van der Waals surface area (Å²) >= 11 is 0. The molecule has 1 heterocycles. The second kappa shape index (κ2) is 6.22. The van der Waals surface area contributed by atoms with Gasteiger partial charge in [0.15, 0.2) is 0 Å². The van der Waals surface area contributed by atoms with Crippen LogP contribution >= 0.6 is 0 Å². The van der Waals surface area contributed by atoms with Crippen molar-refractivity contribution in [3.63, 3.8) is 0 Å². The molecule has 0 N–H and O–H groups in total. The maximum Gasteiger partial charge on any atom is 0.147 e. The summed E-state index contributed by atoms with van der Waals surface area (Å²) in [7, 11) is 0. The van der Waals surface area contributed by atoms with Gasteiger partial charge in [-0.2, -0.15) is 0 Å². The van der Waals surface area contributed by atoms with Crippen LogP contribution in [0, 0.1) is 5.92 Å². The highest BCUT2D eigenvalue weighted by Gasteiger charge is 2.38. The van der Waals surface area contributed by atoms with Crippen LogP contribution < -0.4 is 0 Å². The number of allylic oxidation sites excluding steroid dienone is 1. The zero-order chi connectivity index (χ0) is 12.9. The number of ether oxygens (including phenoxy) is 3. The molecule has 3 rings (SSSR count).